The van der Waals surface area contributed by atoms with Crippen LogP contribution in [0.4, 0.5) is 10.8 Å². The smallest absolute Gasteiger partial charge is 0.339 e. The van der Waals surface area contributed by atoms with Crippen molar-refractivity contribution in [2.45, 2.75) is 6.42 Å². The third kappa shape index (κ3) is 5.22. The number of benzene rings is 1. The molecule has 29 heavy (non-hydrogen) atoms. The number of H-pyrrole nitrogens is 1. The molecule has 3 aromatic rings. The average molecular weight is 544 g/mol. The first-order valence-electron chi connectivity index (χ1n) is 7.89. The van der Waals surface area contributed by atoms with E-state index >= 15 is 0 Å². The van der Waals surface area contributed by atoms with Crippen LogP contribution in [0, 0.1) is 0 Å². The van der Waals surface area contributed by atoms with Crippen LogP contribution in [0.3, 0.4) is 0 Å². The second-order valence-corrected chi connectivity index (χ2v) is 8.21. The number of hydrogen-bond acceptors (Lipinski definition) is 6. The molecule has 2 amide bonds. The van der Waals surface area contributed by atoms with E-state index in [4.69, 9.17) is 5.11 Å². The Balaban J connectivity index is 1.61. The number of nitrogens with zero attached hydrogens (tertiary/aromatic N) is 1. The van der Waals surface area contributed by atoms with Gasteiger partial charge in [0.15, 0.2) is 5.13 Å². The summed E-state index contributed by atoms with van der Waals surface area (Å²) in [6, 6.07) is 5.35. The van der Waals surface area contributed by atoms with Crippen molar-refractivity contribution in [1.29, 1.82) is 0 Å². The van der Waals surface area contributed by atoms with Crippen LogP contribution in [0.15, 0.2) is 38.7 Å². The van der Waals surface area contributed by atoms with Crippen molar-refractivity contribution in [3.63, 3.8) is 0 Å². The Morgan fingerprint density at radius 2 is 1.93 bits per heavy atom. The van der Waals surface area contributed by atoms with Gasteiger partial charge in [0.2, 0.25) is 5.91 Å². The van der Waals surface area contributed by atoms with Gasteiger partial charge in [-0.3, -0.25) is 14.9 Å². The Hall–Kier alpha value is -2.70. The van der Waals surface area contributed by atoms with Crippen LogP contribution < -0.4 is 10.6 Å². The number of amides is 2. The topological polar surface area (TPSA) is 144 Å². The molecule has 5 N–H and O–H groups in total. The summed E-state index contributed by atoms with van der Waals surface area (Å²) in [7, 11) is 0. The molecular weight excluding hydrogens is 532 g/mol. The largest absolute Gasteiger partial charge is 0.507 e. The number of nitrogens with one attached hydrogen (secondary N) is 3. The number of phenols is 1. The van der Waals surface area contributed by atoms with E-state index in [2.05, 4.69) is 52.5 Å². The predicted octanol–water partition coefficient (Wildman–Crippen LogP) is 3.83. The van der Waals surface area contributed by atoms with Gasteiger partial charge >= 0.3 is 5.97 Å². The van der Waals surface area contributed by atoms with Gasteiger partial charge in [-0.05, 0) is 56.1 Å². The van der Waals surface area contributed by atoms with Gasteiger partial charge < -0.3 is 20.5 Å². The van der Waals surface area contributed by atoms with Gasteiger partial charge in [-0.25, -0.2) is 9.78 Å². The lowest BCUT2D eigenvalue weighted by molar-refractivity contribution is -0.115. The summed E-state index contributed by atoms with van der Waals surface area (Å²) in [5.74, 6) is -2.50. The molecule has 0 saturated carbocycles. The number of halogens is 2. The first-order chi connectivity index (χ1) is 13.7. The number of thiazole rings is 1. The maximum atomic E-state index is 12.2. The first kappa shape index (κ1) is 21.0. The van der Waals surface area contributed by atoms with Crippen molar-refractivity contribution in [3.05, 3.63) is 55.7 Å². The fourth-order valence-corrected chi connectivity index (χ4v) is 3.65. The number of carbonyl (C=O) groups is 3. The number of hydrogen-bond donors (Lipinski definition) is 5. The van der Waals surface area contributed by atoms with Crippen LogP contribution >= 0.6 is 43.2 Å². The van der Waals surface area contributed by atoms with Gasteiger partial charge in [-0.2, -0.15) is 0 Å². The van der Waals surface area contributed by atoms with E-state index in [1.165, 1.54) is 23.5 Å². The molecule has 0 unspecified atom stereocenters. The van der Waals surface area contributed by atoms with Gasteiger partial charge in [-0.15, -0.1) is 11.3 Å². The van der Waals surface area contributed by atoms with Crippen molar-refractivity contribution in [2.75, 3.05) is 10.6 Å². The lowest BCUT2D eigenvalue weighted by atomic mass is 10.1. The fraction of sp³-hybridized carbons (Fsp3) is 0.0588. The highest BCUT2D eigenvalue weighted by Gasteiger charge is 2.15. The van der Waals surface area contributed by atoms with Crippen LogP contribution in [0.25, 0.3) is 0 Å². The van der Waals surface area contributed by atoms with E-state index in [0.717, 1.165) is 6.07 Å². The normalized spacial score (nSPS) is 10.6. The van der Waals surface area contributed by atoms with Gasteiger partial charge in [0.1, 0.15) is 17.0 Å². The first-order valence-corrected chi connectivity index (χ1v) is 10.4. The van der Waals surface area contributed by atoms with Gasteiger partial charge in [-0.1, -0.05) is 0 Å². The number of rotatable bonds is 6. The highest BCUT2D eigenvalue weighted by atomic mass is 79.9. The molecule has 0 fully saturated rings. The third-order valence-electron chi connectivity index (χ3n) is 3.59. The summed E-state index contributed by atoms with van der Waals surface area (Å²) < 4.78 is 1.35. The van der Waals surface area contributed by atoms with E-state index in [1.807, 2.05) is 0 Å². The molecule has 0 spiro atoms. The van der Waals surface area contributed by atoms with E-state index in [9.17, 15) is 19.5 Å². The Bertz CT molecular complexity index is 1090. The third-order valence-corrected chi connectivity index (χ3v) is 6.18. The van der Waals surface area contributed by atoms with Crippen molar-refractivity contribution >= 4 is 71.8 Å². The molecule has 0 aliphatic rings. The van der Waals surface area contributed by atoms with Crippen molar-refractivity contribution < 1.29 is 24.6 Å². The van der Waals surface area contributed by atoms with Gasteiger partial charge in [0.05, 0.1) is 21.2 Å². The van der Waals surface area contributed by atoms with Gasteiger partial charge in [0, 0.05) is 11.1 Å². The summed E-state index contributed by atoms with van der Waals surface area (Å²) in [5, 5.41) is 25.7. The molecule has 0 saturated heterocycles. The molecule has 2 aromatic heterocycles. The number of aromatic hydroxyl groups is 1. The summed E-state index contributed by atoms with van der Waals surface area (Å²) >= 11 is 7.71. The van der Waals surface area contributed by atoms with E-state index in [1.54, 1.807) is 11.4 Å². The second kappa shape index (κ2) is 8.76. The summed E-state index contributed by atoms with van der Waals surface area (Å²) in [4.78, 5) is 42.5. The number of carboxylic acids is 1. The molecule has 0 radical (unpaired) electrons. The Morgan fingerprint density at radius 1 is 1.17 bits per heavy atom. The lowest BCUT2D eigenvalue weighted by Crippen LogP contribution is -2.15. The number of anilines is 2. The Kier molecular flexibility index (Phi) is 6.35. The lowest BCUT2D eigenvalue weighted by Gasteiger charge is -2.06. The molecule has 1 aromatic carbocycles. The highest BCUT2D eigenvalue weighted by molar-refractivity contribution is 9.13. The molecule has 9 nitrogen and oxygen atoms in total. The summed E-state index contributed by atoms with van der Waals surface area (Å²) in [6.45, 7) is 0. The zero-order valence-electron chi connectivity index (χ0n) is 14.3. The quantitative estimate of drug-likeness (QED) is 0.299. The van der Waals surface area contributed by atoms with Crippen LogP contribution in [-0.4, -0.2) is 38.0 Å². The fourth-order valence-electron chi connectivity index (χ4n) is 2.29. The standard InChI is InChI=1S/C17H12Br2N4O5S/c18-10-5-11(22-14(10)19)15(26)23-17-21-8(6-29-17)4-13(25)20-7-1-2-12(24)9(3-7)16(27)28/h1-3,5-6,22,24H,4H2,(H,20,25)(H,27,28)(H,21,23,26). The molecular formula is C17H12Br2N4O5S. The van der Waals surface area contributed by atoms with E-state index in [0.29, 0.717) is 25.6 Å². The van der Waals surface area contributed by atoms with Gasteiger partial charge in [0.25, 0.3) is 5.91 Å². The van der Waals surface area contributed by atoms with Crippen LogP contribution in [0.5, 0.6) is 5.75 Å². The maximum Gasteiger partial charge on any atom is 0.339 e. The van der Waals surface area contributed by atoms with Crippen molar-refractivity contribution in [2.24, 2.45) is 0 Å². The average Bonchev–Trinajstić information content (AvgIpc) is 3.22. The maximum absolute atomic E-state index is 12.2. The van der Waals surface area contributed by atoms with Crippen LogP contribution in [0.2, 0.25) is 0 Å². The minimum absolute atomic E-state index is 0.0742. The zero-order chi connectivity index (χ0) is 21.1. The van der Waals surface area contributed by atoms with Crippen molar-refractivity contribution in [3.8, 4) is 5.75 Å². The van der Waals surface area contributed by atoms with E-state index in [-0.39, 0.29) is 23.6 Å². The second-order valence-electron chi connectivity index (χ2n) is 5.71. The monoisotopic (exact) mass is 542 g/mol. The van der Waals surface area contributed by atoms with Crippen LogP contribution in [0.1, 0.15) is 26.5 Å². The number of aromatic amines is 1. The number of carboxylic acid groups (broad SMARTS) is 1. The number of aromatic nitrogens is 2. The molecule has 150 valence electrons. The Morgan fingerprint density at radius 3 is 2.59 bits per heavy atom. The minimum atomic E-state index is -1.31. The summed E-state index contributed by atoms with van der Waals surface area (Å²) in [5.41, 5.74) is 0.689. The van der Waals surface area contributed by atoms with Crippen LogP contribution in [-0.2, 0) is 11.2 Å². The van der Waals surface area contributed by atoms with E-state index < -0.39 is 17.6 Å². The zero-order valence-corrected chi connectivity index (χ0v) is 18.3. The number of carbonyl (C=O) groups excluding carboxylic acids is 2. The Labute approximate surface area is 184 Å². The predicted molar refractivity (Wildman–Crippen MR) is 114 cm³/mol. The molecule has 0 bridgehead atoms. The molecule has 0 aliphatic carbocycles. The minimum Gasteiger partial charge on any atom is -0.507 e. The molecule has 0 atom stereocenters. The number of aromatic carboxylic acids is 1. The molecule has 2 heterocycles. The molecule has 3 rings (SSSR count). The SMILES string of the molecule is O=C(Cc1csc(NC(=O)c2cc(Br)c(Br)[nH]2)n1)Nc1ccc(O)c(C(=O)O)c1. The summed E-state index contributed by atoms with van der Waals surface area (Å²) in [6.07, 6.45) is -0.0742. The van der Waals surface area contributed by atoms with Crippen molar-refractivity contribution in [1.82, 2.24) is 9.97 Å². The highest BCUT2D eigenvalue weighted by Crippen LogP contribution is 2.25. The molecule has 12 heteroatoms. The molecule has 0 aliphatic heterocycles.